The van der Waals surface area contributed by atoms with Crippen molar-refractivity contribution in [3.05, 3.63) is 63.8 Å². The summed E-state index contributed by atoms with van der Waals surface area (Å²) in [6, 6.07) is 10.2. The number of hydrogen-bond donors (Lipinski definition) is 0. The average Bonchev–Trinajstić information content (AvgIpc) is 3.02. The lowest BCUT2D eigenvalue weighted by atomic mass is 10.1. The van der Waals surface area contributed by atoms with Crippen molar-refractivity contribution in [3.63, 3.8) is 0 Å². The number of nitrogens with zero attached hydrogens (tertiary/aromatic N) is 3. The van der Waals surface area contributed by atoms with Crippen molar-refractivity contribution in [2.45, 2.75) is 6.42 Å². The van der Waals surface area contributed by atoms with Crippen LogP contribution in [0.3, 0.4) is 0 Å². The zero-order valence-corrected chi connectivity index (χ0v) is 11.0. The van der Waals surface area contributed by atoms with Crippen LogP contribution in [0, 0.1) is 0 Å². The van der Waals surface area contributed by atoms with Crippen LogP contribution in [0.5, 0.6) is 0 Å². The molecule has 0 atom stereocenters. The van der Waals surface area contributed by atoms with Crippen LogP contribution >= 0.6 is 22.9 Å². The maximum absolute atomic E-state index is 5.82. The Hall–Kier alpha value is -1.65. The van der Waals surface area contributed by atoms with Crippen LogP contribution in [0.2, 0.25) is 4.47 Å². The lowest BCUT2D eigenvalue weighted by Crippen LogP contribution is -1.94. The molecule has 0 fully saturated rings. The van der Waals surface area contributed by atoms with Gasteiger partial charge in [0.05, 0.1) is 5.69 Å². The molecule has 3 rings (SSSR count). The van der Waals surface area contributed by atoms with Crippen LogP contribution in [0.1, 0.15) is 10.4 Å². The summed E-state index contributed by atoms with van der Waals surface area (Å²) in [5, 5.41) is 4.19. The Morgan fingerprint density at radius 1 is 1.22 bits per heavy atom. The van der Waals surface area contributed by atoms with Gasteiger partial charge in [0.2, 0.25) is 0 Å². The van der Waals surface area contributed by atoms with Crippen molar-refractivity contribution in [1.29, 1.82) is 0 Å². The molecule has 90 valence electrons. The summed E-state index contributed by atoms with van der Waals surface area (Å²) in [5.74, 6) is 0. The zero-order chi connectivity index (χ0) is 12.4. The molecule has 0 radical (unpaired) electrons. The summed E-state index contributed by atoms with van der Waals surface area (Å²) in [5.41, 5.74) is 2.30. The molecule has 0 aliphatic heterocycles. The van der Waals surface area contributed by atoms with E-state index in [1.54, 1.807) is 6.20 Å². The lowest BCUT2D eigenvalue weighted by molar-refractivity contribution is 0.879. The van der Waals surface area contributed by atoms with Crippen LogP contribution in [-0.4, -0.2) is 14.8 Å². The lowest BCUT2D eigenvalue weighted by Gasteiger charge is -2.03. The second-order valence-corrected chi connectivity index (χ2v) is 5.57. The molecule has 0 unspecified atom stereocenters. The highest BCUT2D eigenvalue weighted by Gasteiger charge is 2.02. The van der Waals surface area contributed by atoms with Crippen LogP contribution in [0.15, 0.2) is 48.9 Å². The Balaban J connectivity index is 1.79. The molecule has 3 nitrogen and oxygen atoms in total. The van der Waals surface area contributed by atoms with Crippen LogP contribution in [0.4, 0.5) is 0 Å². The number of aromatic nitrogens is 3. The molecular weight excluding hydrogens is 266 g/mol. The summed E-state index contributed by atoms with van der Waals surface area (Å²) in [6.07, 6.45) is 6.39. The molecule has 0 saturated heterocycles. The molecule has 2 aromatic heterocycles. The van der Waals surface area contributed by atoms with Gasteiger partial charge in [-0.1, -0.05) is 23.7 Å². The van der Waals surface area contributed by atoms with Crippen LogP contribution in [0.25, 0.3) is 5.69 Å². The minimum Gasteiger partial charge on any atom is -0.241 e. The molecule has 18 heavy (non-hydrogen) atoms. The standard InChI is InChI=1S/C13H10ClN3S/c14-13-15-9-12(18-13)8-10-2-4-11(5-3-10)17-7-1-6-16-17/h1-7,9H,8H2. The number of rotatable bonds is 3. The van der Waals surface area contributed by atoms with Crippen molar-refractivity contribution < 1.29 is 0 Å². The monoisotopic (exact) mass is 275 g/mol. The first-order valence-electron chi connectivity index (χ1n) is 5.50. The second kappa shape index (κ2) is 4.92. The van der Waals surface area contributed by atoms with Gasteiger partial charge in [-0.3, -0.25) is 0 Å². The van der Waals surface area contributed by atoms with E-state index in [1.807, 2.05) is 23.1 Å². The Morgan fingerprint density at radius 2 is 2.06 bits per heavy atom. The molecule has 0 amide bonds. The van der Waals surface area contributed by atoms with E-state index < -0.39 is 0 Å². The van der Waals surface area contributed by atoms with Gasteiger partial charge in [-0.25, -0.2) is 9.67 Å². The van der Waals surface area contributed by atoms with Gasteiger partial charge in [-0.15, -0.1) is 11.3 Å². The van der Waals surface area contributed by atoms with Gasteiger partial charge in [0.1, 0.15) is 0 Å². The van der Waals surface area contributed by atoms with Gasteiger partial charge in [0.15, 0.2) is 4.47 Å². The molecule has 0 N–H and O–H groups in total. The highest BCUT2D eigenvalue weighted by molar-refractivity contribution is 7.15. The van der Waals surface area contributed by atoms with Gasteiger partial charge in [-0.2, -0.15) is 5.10 Å². The van der Waals surface area contributed by atoms with Crippen molar-refractivity contribution in [3.8, 4) is 5.69 Å². The minimum absolute atomic E-state index is 0.596. The first-order chi connectivity index (χ1) is 8.81. The number of thiazole rings is 1. The molecule has 0 aliphatic rings. The first-order valence-corrected chi connectivity index (χ1v) is 6.70. The first kappa shape index (κ1) is 11.4. The fourth-order valence-corrected chi connectivity index (χ4v) is 2.77. The molecule has 1 aromatic carbocycles. The SMILES string of the molecule is Clc1ncc(Cc2ccc(-n3cccn3)cc2)s1. The van der Waals surface area contributed by atoms with Gasteiger partial charge in [0.25, 0.3) is 0 Å². The van der Waals surface area contributed by atoms with E-state index in [2.05, 4.69) is 34.3 Å². The quantitative estimate of drug-likeness (QED) is 0.732. The maximum atomic E-state index is 5.82. The third-order valence-corrected chi connectivity index (χ3v) is 3.72. The summed E-state index contributed by atoms with van der Waals surface area (Å²) in [7, 11) is 0. The van der Waals surface area contributed by atoms with Crippen LogP contribution < -0.4 is 0 Å². The smallest absolute Gasteiger partial charge is 0.183 e. The Morgan fingerprint density at radius 3 is 2.67 bits per heavy atom. The van der Waals surface area contributed by atoms with E-state index in [0.29, 0.717) is 4.47 Å². The predicted molar refractivity (Wildman–Crippen MR) is 73.5 cm³/mol. The zero-order valence-electron chi connectivity index (χ0n) is 9.45. The third kappa shape index (κ3) is 2.44. The fourth-order valence-electron chi connectivity index (χ4n) is 1.75. The Bertz CT molecular complexity index is 629. The molecule has 0 bridgehead atoms. The number of halogens is 1. The fraction of sp³-hybridized carbons (Fsp3) is 0.0769. The van der Waals surface area contributed by atoms with E-state index in [1.165, 1.54) is 21.8 Å². The molecule has 5 heteroatoms. The molecule has 0 aliphatic carbocycles. The van der Waals surface area contributed by atoms with Gasteiger partial charge >= 0.3 is 0 Å². The summed E-state index contributed by atoms with van der Waals surface area (Å²) in [4.78, 5) is 5.21. The van der Waals surface area contributed by atoms with Gasteiger partial charge in [0, 0.05) is 29.9 Å². The predicted octanol–water partition coefficient (Wildman–Crippen LogP) is 3.57. The van der Waals surface area contributed by atoms with Crippen LogP contribution in [-0.2, 0) is 6.42 Å². The Kier molecular flexibility index (Phi) is 3.13. The van der Waals surface area contributed by atoms with E-state index in [4.69, 9.17) is 11.6 Å². The molecule has 2 heterocycles. The Labute approximate surface area is 114 Å². The normalized spacial score (nSPS) is 10.7. The minimum atomic E-state index is 0.596. The number of hydrogen-bond acceptors (Lipinski definition) is 3. The third-order valence-electron chi connectivity index (χ3n) is 2.61. The van der Waals surface area contributed by atoms with E-state index in [-0.39, 0.29) is 0 Å². The molecule has 0 spiro atoms. The summed E-state index contributed by atoms with van der Waals surface area (Å²) < 4.78 is 2.44. The average molecular weight is 276 g/mol. The highest BCUT2D eigenvalue weighted by atomic mass is 35.5. The number of benzene rings is 1. The largest absolute Gasteiger partial charge is 0.241 e. The molecular formula is C13H10ClN3S. The summed E-state index contributed by atoms with van der Waals surface area (Å²) in [6.45, 7) is 0. The van der Waals surface area contributed by atoms with Gasteiger partial charge in [-0.05, 0) is 23.8 Å². The maximum Gasteiger partial charge on any atom is 0.183 e. The van der Waals surface area contributed by atoms with E-state index >= 15 is 0 Å². The highest BCUT2D eigenvalue weighted by Crippen LogP contribution is 2.21. The van der Waals surface area contributed by atoms with Gasteiger partial charge < -0.3 is 0 Å². The van der Waals surface area contributed by atoms with Crippen molar-refractivity contribution in [2.24, 2.45) is 0 Å². The van der Waals surface area contributed by atoms with E-state index in [0.717, 1.165) is 12.1 Å². The van der Waals surface area contributed by atoms with Crippen molar-refractivity contribution in [2.75, 3.05) is 0 Å². The van der Waals surface area contributed by atoms with Crippen molar-refractivity contribution >= 4 is 22.9 Å². The second-order valence-electron chi connectivity index (χ2n) is 3.87. The molecule has 0 saturated carbocycles. The summed E-state index contributed by atoms with van der Waals surface area (Å²) >= 11 is 7.34. The molecule has 3 aromatic rings. The van der Waals surface area contributed by atoms with Crippen molar-refractivity contribution in [1.82, 2.24) is 14.8 Å². The van der Waals surface area contributed by atoms with E-state index in [9.17, 15) is 0 Å². The topological polar surface area (TPSA) is 30.7 Å².